The van der Waals surface area contributed by atoms with Gasteiger partial charge in [-0.2, -0.15) is 0 Å². The minimum atomic E-state index is 0.550. The zero-order chi connectivity index (χ0) is 11.5. The zero-order valence-electron chi connectivity index (χ0n) is 10.3. The molecule has 0 aromatic carbocycles. The van der Waals surface area contributed by atoms with Crippen LogP contribution in [0.2, 0.25) is 0 Å². The first-order valence-electron chi connectivity index (χ1n) is 6.31. The van der Waals surface area contributed by atoms with Crippen molar-refractivity contribution in [1.82, 2.24) is 14.8 Å². The number of aromatic nitrogens is 3. The first-order valence-corrected chi connectivity index (χ1v) is 6.31. The monoisotopic (exact) mass is 222 g/mol. The van der Waals surface area contributed by atoms with Gasteiger partial charge in [0, 0.05) is 19.4 Å². The van der Waals surface area contributed by atoms with E-state index in [1.54, 1.807) is 0 Å². The molecule has 1 unspecified atom stereocenters. The number of nitrogens with zero attached hydrogens (tertiary/aromatic N) is 3. The Balaban J connectivity index is 2.01. The Labute approximate surface area is 97.2 Å². The number of aryl methyl sites for hydroxylation is 1. The second kappa shape index (κ2) is 4.95. The SMILES string of the molecule is CC(C)CC(CN)Cc1nnc2n1CCC2. The molecule has 1 atom stereocenters. The van der Waals surface area contributed by atoms with Gasteiger partial charge < -0.3 is 10.3 Å². The summed E-state index contributed by atoms with van der Waals surface area (Å²) in [4.78, 5) is 0. The topological polar surface area (TPSA) is 56.7 Å². The van der Waals surface area contributed by atoms with E-state index in [0.717, 1.165) is 37.6 Å². The molecule has 16 heavy (non-hydrogen) atoms. The van der Waals surface area contributed by atoms with E-state index in [-0.39, 0.29) is 0 Å². The molecule has 2 rings (SSSR count). The summed E-state index contributed by atoms with van der Waals surface area (Å²) in [6, 6.07) is 0. The molecule has 0 fully saturated rings. The molecular weight excluding hydrogens is 200 g/mol. The number of hydrogen-bond donors (Lipinski definition) is 1. The minimum absolute atomic E-state index is 0.550. The van der Waals surface area contributed by atoms with Gasteiger partial charge in [-0.25, -0.2) is 0 Å². The number of hydrogen-bond acceptors (Lipinski definition) is 3. The highest BCUT2D eigenvalue weighted by atomic mass is 15.3. The molecule has 90 valence electrons. The van der Waals surface area contributed by atoms with Gasteiger partial charge in [-0.15, -0.1) is 10.2 Å². The molecule has 1 aliphatic rings. The molecule has 0 spiro atoms. The quantitative estimate of drug-likeness (QED) is 0.819. The van der Waals surface area contributed by atoms with E-state index in [1.807, 2.05) is 0 Å². The van der Waals surface area contributed by atoms with Crippen LogP contribution in [0.5, 0.6) is 0 Å². The van der Waals surface area contributed by atoms with E-state index in [1.165, 1.54) is 12.8 Å². The first kappa shape index (κ1) is 11.6. The minimum Gasteiger partial charge on any atom is -0.330 e. The second-order valence-corrected chi connectivity index (χ2v) is 5.22. The lowest BCUT2D eigenvalue weighted by Crippen LogP contribution is -2.20. The van der Waals surface area contributed by atoms with Crippen molar-refractivity contribution >= 4 is 0 Å². The summed E-state index contributed by atoms with van der Waals surface area (Å²) in [6.45, 7) is 6.34. The molecular formula is C12H22N4. The van der Waals surface area contributed by atoms with Crippen LogP contribution in [-0.2, 0) is 19.4 Å². The van der Waals surface area contributed by atoms with E-state index in [9.17, 15) is 0 Å². The van der Waals surface area contributed by atoms with Gasteiger partial charge in [0.25, 0.3) is 0 Å². The van der Waals surface area contributed by atoms with Crippen LogP contribution in [0, 0.1) is 11.8 Å². The van der Waals surface area contributed by atoms with Crippen molar-refractivity contribution in [3.63, 3.8) is 0 Å². The van der Waals surface area contributed by atoms with Gasteiger partial charge in [0.15, 0.2) is 0 Å². The van der Waals surface area contributed by atoms with Crippen LogP contribution in [0.4, 0.5) is 0 Å². The smallest absolute Gasteiger partial charge is 0.133 e. The lowest BCUT2D eigenvalue weighted by atomic mass is 9.94. The van der Waals surface area contributed by atoms with E-state index in [2.05, 4.69) is 28.6 Å². The summed E-state index contributed by atoms with van der Waals surface area (Å²) >= 11 is 0. The van der Waals surface area contributed by atoms with E-state index >= 15 is 0 Å². The fourth-order valence-electron chi connectivity index (χ4n) is 2.55. The normalized spacial score (nSPS) is 16.8. The maximum atomic E-state index is 5.83. The highest BCUT2D eigenvalue weighted by Crippen LogP contribution is 2.19. The highest BCUT2D eigenvalue weighted by molar-refractivity contribution is 5.01. The number of nitrogens with two attached hydrogens (primary N) is 1. The van der Waals surface area contributed by atoms with Crippen molar-refractivity contribution in [2.75, 3.05) is 6.54 Å². The lowest BCUT2D eigenvalue weighted by molar-refractivity contribution is 0.403. The molecule has 0 saturated carbocycles. The molecule has 1 aromatic heterocycles. The fourth-order valence-corrected chi connectivity index (χ4v) is 2.55. The summed E-state index contributed by atoms with van der Waals surface area (Å²) in [5.41, 5.74) is 5.83. The number of fused-ring (bicyclic) bond motifs is 1. The molecule has 2 heterocycles. The molecule has 1 aliphatic heterocycles. The van der Waals surface area contributed by atoms with Crippen LogP contribution in [-0.4, -0.2) is 21.3 Å². The molecule has 0 radical (unpaired) electrons. The van der Waals surface area contributed by atoms with Gasteiger partial charge >= 0.3 is 0 Å². The van der Waals surface area contributed by atoms with Crippen LogP contribution in [0.1, 0.15) is 38.3 Å². The summed E-state index contributed by atoms with van der Waals surface area (Å²) in [6.07, 6.45) is 4.47. The summed E-state index contributed by atoms with van der Waals surface area (Å²) in [5.74, 6) is 3.56. The van der Waals surface area contributed by atoms with Gasteiger partial charge in [0.1, 0.15) is 11.6 Å². The predicted octanol–water partition coefficient (Wildman–Crippen LogP) is 1.39. The largest absolute Gasteiger partial charge is 0.330 e. The average molecular weight is 222 g/mol. The molecule has 0 bridgehead atoms. The third-order valence-electron chi connectivity index (χ3n) is 3.30. The van der Waals surface area contributed by atoms with E-state index < -0.39 is 0 Å². The lowest BCUT2D eigenvalue weighted by Gasteiger charge is -2.16. The third-order valence-corrected chi connectivity index (χ3v) is 3.30. The molecule has 1 aromatic rings. The summed E-state index contributed by atoms with van der Waals surface area (Å²) in [5, 5.41) is 8.53. The zero-order valence-corrected chi connectivity index (χ0v) is 10.3. The summed E-state index contributed by atoms with van der Waals surface area (Å²) < 4.78 is 2.28. The van der Waals surface area contributed by atoms with Crippen molar-refractivity contribution in [2.45, 2.75) is 46.1 Å². The molecule has 0 saturated heterocycles. The van der Waals surface area contributed by atoms with Crippen molar-refractivity contribution in [1.29, 1.82) is 0 Å². The van der Waals surface area contributed by atoms with E-state index in [4.69, 9.17) is 5.73 Å². The maximum Gasteiger partial charge on any atom is 0.133 e. The van der Waals surface area contributed by atoms with E-state index in [0.29, 0.717) is 11.8 Å². The maximum absolute atomic E-state index is 5.83. The Hall–Kier alpha value is -0.900. The average Bonchev–Trinajstić information content (AvgIpc) is 2.80. The van der Waals surface area contributed by atoms with Gasteiger partial charge in [0.2, 0.25) is 0 Å². The Bertz CT molecular complexity index is 343. The second-order valence-electron chi connectivity index (χ2n) is 5.22. The third kappa shape index (κ3) is 2.43. The van der Waals surface area contributed by atoms with Crippen molar-refractivity contribution < 1.29 is 0 Å². The van der Waals surface area contributed by atoms with Gasteiger partial charge in [0.05, 0.1) is 0 Å². The Kier molecular flexibility index (Phi) is 3.59. The Morgan fingerprint density at radius 2 is 2.19 bits per heavy atom. The molecule has 0 aliphatic carbocycles. The molecule has 4 heteroatoms. The van der Waals surface area contributed by atoms with Gasteiger partial charge in [-0.1, -0.05) is 13.8 Å². The molecule has 2 N–H and O–H groups in total. The summed E-state index contributed by atoms with van der Waals surface area (Å²) in [7, 11) is 0. The van der Waals surface area contributed by atoms with Crippen LogP contribution >= 0.6 is 0 Å². The predicted molar refractivity (Wildman–Crippen MR) is 64.0 cm³/mol. The van der Waals surface area contributed by atoms with Crippen molar-refractivity contribution in [3.8, 4) is 0 Å². The van der Waals surface area contributed by atoms with Crippen LogP contribution < -0.4 is 5.73 Å². The van der Waals surface area contributed by atoms with Crippen LogP contribution in [0.15, 0.2) is 0 Å². The van der Waals surface area contributed by atoms with Gasteiger partial charge in [-0.05, 0) is 31.2 Å². The molecule has 0 amide bonds. The van der Waals surface area contributed by atoms with Gasteiger partial charge in [-0.3, -0.25) is 0 Å². The first-order chi connectivity index (χ1) is 7.70. The van der Waals surface area contributed by atoms with Crippen molar-refractivity contribution in [3.05, 3.63) is 11.6 Å². The Morgan fingerprint density at radius 1 is 1.38 bits per heavy atom. The van der Waals surface area contributed by atoms with Crippen molar-refractivity contribution in [2.24, 2.45) is 17.6 Å². The Morgan fingerprint density at radius 3 is 2.88 bits per heavy atom. The number of rotatable bonds is 5. The molecule has 4 nitrogen and oxygen atoms in total. The van der Waals surface area contributed by atoms with Crippen LogP contribution in [0.25, 0.3) is 0 Å². The van der Waals surface area contributed by atoms with Crippen LogP contribution in [0.3, 0.4) is 0 Å². The fraction of sp³-hybridized carbons (Fsp3) is 0.833. The highest BCUT2D eigenvalue weighted by Gasteiger charge is 2.20. The standard InChI is InChI=1S/C12H22N4/c1-9(2)6-10(8-13)7-12-15-14-11-4-3-5-16(11)12/h9-10H,3-8,13H2,1-2H3.